The van der Waals surface area contributed by atoms with Gasteiger partial charge in [0.25, 0.3) is 0 Å². The van der Waals surface area contributed by atoms with Crippen LogP contribution in [0.4, 0.5) is 0 Å². The molecular weight excluding hydrogens is 152 g/mol. The van der Waals surface area contributed by atoms with Gasteiger partial charge in [-0.2, -0.15) is 0 Å². The first-order chi connectivity index (χ1) is 4.34. The molecule has 1 aromatic rings. The average molecular weight is 158 g/mol. The number of rotatable bonds is 1. The number of hydrogen-bond acceptors (Lipinski definition) is 3. The lowest BCUT2D eigenvalue weighted by Crippen LogP contribution is -1.70. The van der Waals surface area contributed by atoms with E-state index in [-0.39, 0.29) is 0 Å². The highest BCUT2D eigenvalue weighted by atomic mass is 32.2. The highest BCUT2D eigenvalue weighted by Crippen LogP contribution is 2.21. The topological polar surface area (TPSA) is 20.2 Å². The Morgan fingerprint density at radius 2 is 2.00 bits per heavy atom. The van der Waals surface area contributed by atoms with E-state index in [1.165, 1.54) is 0 Å². The van der Waals surface area contributed by atoms with Crippen LogP contribution in [0.25, 0.3) is 0 Å². The Bertz CT molecular complexity index is 200. The summed E-state index contributed by atoms with van der Waals surface area (Å²) in [5.41, 5.74) is 0. The van der Waals surface area contributed by atoms with Gasteiger partial charge in [0.15, 0.2) is 0 Å². The second-order valence-corrected chi connectivity index (χ2v) is 2.66. The summed E-state index contributed by atoms with van der Waals surface area (Å²) in [5, 5.41) is 0. The standard InChI is InChI=1S/C6H6OS2/c7-9-6-4-2-1-3-5(6)8/h1-4,7-8H. The Labute approximate surface area is 63.7 Å². The Balaban J connectivity index is 3.01. The highest BCUT2D eigenvalue weighted by Gasteiger charge is 1.93. The largest absolute Gasteiger partial charge is 0.325 e. The molecule has 0 atom stereocenters. The molecule has 0 aliphatic rings. The van der Waals surface area contributed by atoms with Crippen LogP contribution in [-0.4, -0.2) is 4.55 Å². The summed E-state index contributed by atoms with van der Waals surface area (Å²) in [6.45, 7) is 0. The zero-order valence-electron chi connectivity index (χ0n) is 4.61. The normalized spacial score (nSPS) is 9.56. The van der Waals surface area contributed by atoms with Crippen molar-refractivity contribution < 1.29 is 4.55 Å². The summed E-state index contributed by atoms with van der Waals surface area (Å²) in [4.78, 5) is 1.60. The van der Waals surface area contributed by atoms with Crippen molar-refractivity contribution in [2.24, 2.45) is 0 Å². The first kappa shape index (κ1) is 6.99. The molecule has 9 heavy (non-hydrogen) atoms. The summed E-state index contributed by atoms with van der Waals surface area (Å²) in [6.07, 6.45) is 0. The van der Waals surface area contributed by atoms with Crippen LogP contribution in [0.1, 0.15) is 0 Å². The van der Waals surface area contributed by atoms with Crippen LogP contribution in [0.2, 0.25) is 0 Å². The smallest absolute Gasteiger partial charge is 0.0484 e. The molecule has 0 saturated heterocycles. The molecule has 0 saturated carbocycles. The molecule has 48 valence electrons. The van der Waals surface area contributed by atoms with Gasteiger partial charge in [0.1, 0.15) is 0 Å². The molecule has 0 aliphatic carbocycles. The van der Waals surface area contributed by atoms with Gasteiger partial charge in [-0.05, 0) is 12.1 Å². The first-order valence-corrected chi connectivity index (χ1v) is 3.66. The SMILES string of the molecule is OSc1ccccc1S. The van der Waals surface area contributed by atoms with Crippen LogP contribution >= 0.6 is 24.7 Å². The van der Waals surface area contributed by atoms with E-state index < -0.39 is 0 Å². The quantitative estimate of drug-likeness (QED) is 0.484. The molecule has 1 N–H and O–H groups in total. The monoisotopic (exact) mass is 158 g/mol. The van der Waals surface area contributed by atoms with Crippen LogP contribution in [-0.2, 0) is 0 Å². The predicted molar refractivity (Wildman–Crippen MR) is 42.2 cm³/mol. The summed E-state index contributed by atoms with van der Waals surface area (Å²) in [5.74, 6) is 0. The van der Waals surface area contributed by atoms with Crippen LogP contribution in [0.5, 0.6) is 0 Å². The van der Waals surface area contributed by atoms with Gasteiger partial charge in [-0.25, -0.2) is 0 Å². The molecule has 0 aliphatic heterocycles. The number of hydrogen-bond donors (Lipinski definition) is 2. The predicted octanol–water partition coefficient (Wildman–Crippen LogP) is 2.54. The van der Waals surface area contributed by atoms with Crippen LogP contribution in [0, 0.1) is 0 Å². The van der Waals surface area contributed by atoms with E-state index in [4.69, 9.17) is 4.55 Å². The van der Waals surface area contributed by atoms with Crippen LogP contribution in [0.15, 0.2) is 34.1 Å². The maximum absolute atomic E-state index is 8.59. The third-order valence-electron chi connectivity index (χ3n) is 0.964. The minimum Gasteiger partial charge on any atom is -0.325 e. The molecule has 0 amide bonds. The van der Waals surface area contributed by atoms with Gasteiger partial charge in [0, 0.05) is 21.8 Å². The van der Waals surface area contributed by atoms with E-state index >= 15 is 0 Å². The molecular formula is C6H6OS2. The van der Waals surface area contributed by atoms with Crippen LogP contribution in [0.3, 0.4) is 0 Å². The molecule has 0 fully saturated rings. The summed E-state index contributed by atoms with van der Waals surface area (Å²) in [7, 11) is 0. The molecule has 0 heterocycles. The van der Waals surface area contributed by atoms with Crippen molar-refractivity contribution in [1.82, 2.24) is 0 Å². The fourth-order valence-corrected chi connectivity index (χ4v) is 1.12. The lowest BCUT2D eigenvalue weighted by Gasteiger charge is -1.95. The van der Waals surface area contributed by atoms with E-state index in [1.54, 1.807) is 0 Å². The fourth-order valence-electron chi connectivity index (χ4n) is 0.534. The van der Waals surface area contributed by atoms with Gasteiger partial charge in [0.2, 0.25) is 0 Å². The summed E-state index contributed by atoms with van der Waals surface area (Å²) < 4.78 is 8.59. The molecule has 1 nitrogen and oxygen atoms in total. The number of benzene rings is 1. The zero-order valence-corrected chi connectivity index (χ0v) is 6.32. The maximum atomic E-state index is 8.59. The first-order valence-electron chi connectivity index (χ1n) is 2.44. The molecule has 1 rings (SSSR count). The second-order valence-electron chi connectivity index (χ2n) is 1.56. The molecule has 0 aromatic heterocycles. The molecule has 1 aromatic carbocycles. The van der Waals surface area contributed by atoms with Crippen LogP contribution < -0.4 is 0 Å². The summed E-state index contributed by atoms with van der Waals surface area (Å²) >= 11 is 4.82. The Kier molecular flexibility index (Phi) is 2.45. The Hall–Kier alpha value is -0.120. The van der Waals surface area contributed by atoms with Crippen molar-refractivity contribution in [3.63, 3.8) is 0 Å². The molecule has 0 unspecified atom stereocenters. The Morgan fingerprint density at radius 1 is 1.33 bits per heavy atom. The van der Waals surface area contributed by atoms with Gasteiger partial charge in [-0.3, -0.25) is 0 Å². The second kappa shape index (κ2) is 3.15. The fraction of sp³-hybridized carbons (Fsp3) is 0. The molecule has 3 heteroatoms. The lowest BCUT2D eigenvalue weighted by atomic mass is 10.4. The Morgan fingerprint density at radius 3 is 2.44 bits per heavy atom. The van der Waals surface area contributed by atoms with E-state index in [9.17, 15) is 0 Å². The van der Waals surface area contributed by atoms with Gasteiger partial charge < -0.3 is 4.55 Å². The maximum Gasteiger partial charge on any atom is 0.0484 e. The molecule has 0 radical (unpaired) electrons. The van der Waals surface area contributed by atoms with E-state index in [0.717, 1.165) is 21.8 Å². The highest BCUT2D eigenvalue weighted by molar-refractivity contribution is 7.94. The van der Waals surface area contributed by atoms with Gasteiger partial charge in [-0.15, -0.1) is 12.6 Å². The zero-order chi connectivity index (χ0) is 6.69. The van der Waals surface area contributed by atoms with Crippen molar-refractivity contribution >= 4 is 24.7 Å². The molecule has 0 bridgehead atoms. The third kappa shape index (κ3) is 1.64. The van der Waals surface area contributed by atoms with Gasteiger partial charge >= 0.3 is 0 Å². The number of thiol groups is 1. The molecule has 0 spiro atoms. The van der Waals surface area contributed by atoms with E-state index in [1.807, 2.05) is 24.3 Å². The van der Waals surface area contributed by atoms with E-state index in [2.05, 4.69) is 12.6 Å². The lowest BCUT2D eigenvalue weighted by molar-refractivity contribution is 0.662. The van der Waals surface area contributed by atoms with Crippen molar-refractivity contribution in [1.29, 1.82) is 0 Å². The van der Waals surface area contributed by atoms with Gasteiger partial charge in [-0.1, -0.05) is 12.1 Å². The van der Waals surface area contributed by atoms with Crippen molar-refractivity contribution in [3.05, 3.63) is 24.3 Å². The summed E-state index contributed by atoms with van der Waals surface area (Å²) in [6, 6.07) is 7.38. The third-order valence-corrected chi connectivity index (χ3v) is 2.06. The minimum absolute atomic E-state index is 0.719. The minimum atomic E-state index is 0.719. The van der Waals surface area contributed by atoms with Gasteiger partial charge in [0.05, 0.1) is 0 Å². The average Bonchev–Trinajstić information content (AvgIpc) is 1.89. The van der Waals surface area contributed by atoms with Crippen molar-refractivity contribution in [3.8, 4) is 0 Å². The van der Waals surface area contributed by atoms with Crippen molar-refractivity contribution in [2.45, 2.75) is 9.79 Å². The van der Waals surface area contributed by atoms with Crippen molar-refractivity contribution in [2.75, 3.05) is 0 Å². The van der Waals surface area contributed by atoms with E-state index in [0.29, 0.717) is 0 Å².